The third-order valence-corrected chi connectivity index (χ3v) is 6.08. The number of benzene rings is 2. The Bertz CT molecular complexity index is 1280. The fourth-order valence-electron chi connectivity index (χ4n) is 2.82. The molecular weight excluding hydrogens is 459 g/mol. The molecule has 1 amide bonds. The minimum Gasteiger partial charge on any atom is -0.478 e. The van der Waals surface area contributed by atoms with E-state index in [1.54, 1.807) is 42.5 Å². The van der Waals surface area contributed by atoms with E-state index in [4.69, 9.17) is 32.7 Å². The summed E-state index contributed by atoms with van der Waals surface area (Å²) in [6.07, 6.45) is 1.62. The SMILES string of the molecule is Cc1ccc(C(=O)O)cc1N=C1NC(=O)/C(=C\c2ccc(-c3ccc(Cl)c(Cl)c3)o2)S1. The predicted octanol–water partition coefficient (Wildman–Crippen LogP) is 6.15. The van der Waals surface area contributed by atoms with Crippen LogP contribution in [0.15, 0.2) is 62.8 Å². The average molecular weight is 473 g/mol. The zero-order valence-corrected chi connectivity index (χ0v) is 18.3. The Kier molecular flexibility index (Phi) is 5.91. The quantitative estimate of drug-likeness (QED) is 0.444. The molecule has 0 atom stereocenters. The molecule has 1 aromatic heterocycles. The van der Waals surface area contributed by atoms with E-state index in [9.17, 15) is 9.59 Å². The van der Waals surface area contributed by atoms with Crippen molar-refractivity contribution in [3.8, 4) is 11.3 Å². The number of carbonyl (C=O) groups is 2. The number of amides is 1. The van der Waals surface area contributed by atoms with Crippen molar-refractivity contribution in [2.75, 3.05) is 0 Å². The van der Waals surface area contributed by atoms with Crippen LogP contribution in [-0.4, -0.2) is 22.2 Å². The van der Waals surface area contributed by atoms with Crippen molar-refractivity contribution < 1.29 is 19.1 Å². The first kappa shape index (κ1) is 21.2. The summed E-state index contributed by atoms with van der Waals surface area (Å²) in [4.78, 5) is 28.3. The zero-order valence-electron chi connectivity index (χ0n) is 16.0. The molecule has 0 aliphatic carbocycles. The van der Waals surface area contributed by atoms with Crippen LogP contribution in [0.2, 0.25) is 10.0 Å². The molecule has 156 valence electrons. The smallest absolute Gasteiger partial charge is 0.335 e. The van der Waals surface area contributed by atoms with Gasteiger partial charge < -0.3 is 14.8 Å². The molecule has 4 rings (SSSR count). The summed E-state index contributed by atoms with van der Waals surface area (Å²) in [5.41, 5.74) is 2.16. The highest BCUT2D eigenvalue weighted by atomic mass is 35.5. The first-order valence-electron chi connectivity index (χ1n) is 8.99. The minimum atomic E-state index is -1.04. The van der Waals surface area contributed by atoms with Gasteiger partial charge in [0.1, 0.15) is 11.5 Å². The molecule has 2 aromatic carbocycles. The second-order valence-electron chi connectivity index (χ2n) is 6.62. The van der Waals surface area contributed by atoms with Gasteiger partial charge in [-0.25, -0.2) is 9.79 Å². The lowest BCUT2D eigenvalue weighted by Gasteiger charge is -2.03. The summed E-state index contributed by atoms with van der Waals surface area (Å²) in [6, 6.07) is 13.4. The number of carboxylic acids is 1. The van der Waals surface area contributed by atoms with Crippen LogP contribution in [0.1, 0.15) is 21.7 Å². The molecule has 2 heterocycles. The maximum Gasteiger partial charge on any atom is 0.335 e. The Morgan fingerprint density at radius 3 is 2.68 bits per heavy atom. The van der Waals surface area contributed by atoms with Crippen LogP contribution in [0.4, 0.5) is 5.69 Å². The van der Waals surface area contributed by atoms with Gasteiger partial charge in [0.05, 0.1) is 26.2 Å². The van der Waals surface area contributed by atoms with E-state index in [0.717, 1.165) is 22.9 Å². The molecule has 1 aliphatic rings. The van der Waals surface area contributed by atoms with Crippen LogP contribution in [0.3, 0.4) is 0 Å². The molecule has 9 heteroatoms. The Hall–Kier alpha value is -3.00. The lowest BCUT2D eigenvalue weighted by molar-refractivity contribution is -0.115. The molecule has 3 aromatic rings. The van der Waals surface area contributed by atoms with Crippen LogP contribution in [-0.2, 0) is 4.79 Å². The lowest BCUT2D eigenvalue weighted by Crippen LogP contribution is -2.19. The molecule has 6 nitrogen and oxygen atoms in total. The summed E-state index contributed by atoms with van der Waals surface area (Å²) < 4.78 is 5.81. The standard InChI is InChI=1S/C22H14Cl2N2O4S/c1-11-2-3-13(21(28)29)9-17(11)25-22-26-20(27)19(31-22)10-14-5-7-18(30-14)12-4-6-15(23)16(24)8-12/h2-10H,1H3,(H,28,29)(H,25,26,27)/b19-10+. The van der Waals surface area contributed by atoms with Gasteiger partial charge in [0.15, 0.2) is 5.17 Å². The largest absolute Gasteiger partial charge is 0.478 e. The Labute approximate surface area is 191 Å². The first-order valence-corrected chi connectivity index (χ1v) is 10.6. The van der Waals surface area contributed by atoms with Gasteiger partial charge in [0, 0.05) is 11.6 Å². The van der Waals surface area contributed by atoms with Gasteiger partial charge in [0.2, 0.25) is 0 Å². The van der Waals surface area contributed by atoms with E-state index < -0.39 is 5.97 Å². The number of carbonyl (C=O) groups excluding carboxylic acids is 1. The Morgan fingerprint density at radius 2 is 1.94 bits per heavy atom. The van der Waals surface area contributed by atoms with Crippen molar-refractivity contribution in [1.29, 1.82) is 0 Å². The third-order valence-electron chi connectivity index (χ3n) is 4.43. The van der Waals surface area contributed by atoms with E-state index in [1.165, 1.54) is 12.1 Å². The molecular formula is C22H14Cl2N2O4S. The number of carboxylic acid groups (broad SMARTS) is 1. The van der Waals surface area contributed by atoms with E-state index in [0.29, 0.717) is 37.3 Å². The third kappa shape index (κ3) is 4.69. The van der Waals surface area contributed by atoms with Crippen molar-refractivity contribution >= 4 is 63.8 Å². The van der Waals surface area contributed by atoms with Gasteiger partial charge in [-0.2, -0.15) is 0 Å². The Balaban J connectivity index is 1.57. The molecule has 0 spiro atoms. The maximum absolute atomic E-state index is 12.3. The fourth-order valence-corrected chi connectivity index (χ4v) is 3.93. The van der Waals surface area contributed by atoms with E-state index in [1.807, 2.05) is 6.92 Å². The number of thioether (sulfide) groups is 1. The number of nitrogens with zero attached hydrogens (tertiary/aromatic N) is 1. The van der Waals surface area contributed by atoms with E-state index in [-0.39, 0.29) is 11.5 Å². The van der Waals surface area contributed by atoms with Crippen LogP contribution in [0.25, 0.3) is 17.4 Å². The molecule has 1 saturated heterocycles. The average Bonchev–Trinajstić information content (AvgIpc) is 3.32. The van der Waals surface area contributed by atoms with Crippen molar-refractivity contribution in [2.24, 2.45) is 4.99 Å². The Morgan fingerprint density at radius 1 is 1.13 bits per heavy atom. The van der Waals surface area contributed by atoms with Crippen LogP contribution in [0, 0.1) is 6.92 Å². The summed E-state index contributed by atoms with van der Waals surface area (Å²) in [7, 11) is 0. The normalized spacial score (nSPS) is 16.2. The molecule has 1 fully saturated rings. The van der Waals surface area contributed by atoms with Crippen molar-refractivity contribution in [3.63, 3.8) is 0 Å². The second-order valence-corrected chi connectivity index (χ2v) is 8.46. The van der Waals surface area contributed by atoms with Crippen LogP contribution in [0.5, 0.6) is 0 Å². The number of nitrogens with one attached hydrogen (secondary N) is 1. The molecule has 1 aliphatic heterocycles. The summed E-state index contributed by atoms with van der Waals surface area (Å²) >= 11 is 13.2. The van der Waals surface area contributed by atoms with Gasteiger partial charge in [-0.05, 0) is 66.7 Å². The highest BCUT2D eigenvalue weighted by Crippen LogP contribution is 2.32. The number of amidine groups is 1. The summed E-state index contributed by atoms with van der Waals surface area (Å²) in [6.45, 7) is 1.82. The van der Waals surface area contributed by atoms with Crippen molar-refractivity contribution in [3.05, 3.63) is 80.4 Å². The monoisotopic (exact) mass is 472 g/mol. The predicted molar refractivity (Wildman–Crippen MR) is 123 cm³/mol. The highest BCUT2D eigenvalue weighted by Gasteiger charge is 2.24. The van der Waals surface area contributed by atoms with Gasteiger partial charge >= 0.3 is 5.97 Å². The van der Waals surface area contributed by atoms with Crippen molar-refractivity contribution in [2.45, 2.75) is 6.92 Å². The molecule has 31 heavy (non-hydrogen) atoms. The number of rotatable bonds is 4. The lowest BCUT2D eigenvalue weighted by atomic mass is 10.1. The number of aromatic carboxylic acids is 1. The summed E-state index contributed by atoms with van der Waals surface area (Å²) in [5.74, 6) is -0.281. The van der Waals surface area contributed by atoms with Crippen LogP contribution >= 0.6 is 35.0 Å². The van der Waals surface area contributed by atoms with Gasteiger partial charge in [-0.15, -0.1) is 0 Å². The molecule has 0 saturated carbocycles. The first-order chi connectivity index (χ1) is 14.8. The molecule has 2 N–H and O–H groups in total. The number of hydrogen-bond acceptors (Lipinski definition) is 5. The number of aliphatic imine (C=N–C) groups is 1. The van der Waals surface area contributed by atoms with Crippen molar-refractivity contribution in [1.82, 2.24) is 5.32 Å². The van der Waals surface area contributed by atoms with E-state index in [2.05, 4.69) is 10.3 Å². The minimum absolute atomic E-state index is 0.125. The van der Waals surface area contributed by atoms with Gasteiger partial charge in [0.25, 0.3) is 5.91 Å². The maximum atomic E-state index is 12.3. The molecule has 0 unspecified atom stereocenters. The summed E-state index contributed by atoms with van der Waals surface area (Å²) in [5, 5.41) is 13.1. The number of furan rings is 1. The fraction of sp³-hybridized carbons (Fsp3) is 0.0455. The highest BCUT2D eigenvalue weighted by molar-refractivity contribution is 8.18. The molecule has 0 radical (unpaired) electrons. The number of aryl methyl sites for hydroxylation is 1. The van der Waals surface area contributed by atoms with Gasteiger partial charge in [-0.1, -0.05) is 29.3 Å². The second kappa shape index (κ2) is 8.63. The molecule has 0 bridgehead atoms. The van der Waals surface area contributed by atoms with E-state index >= 15 is 0 Å². The van der Waals surface area contributed by atoms with Crippen LogP contribution < -0.4 is 5.32 Å². The number of hydrogen-bond donors (Lipinski definition) is 2. The topological polar surface area (TPSA) is 91.9 Å². The number of halogens is 2. The van der Waals surface area contributed by atoms with Gasteiger partial charge in [-0.3, -0.25) is 4.79 Å². The zero-order chi connectivity index (χ0) is 22.1.